The lowest BCUT2D eigenvalue weighted by atomic mass is 10.1. The van der Waals surface area contributed by atoms with Gasteiger partial charge in [0.2, 0.25) is 0 Å². The van der Waals surface area contributed by atoms with Crippen LogP contribution in [0.2, 0.25) is 0 Å². The quantitative estimate of drug-likeness (QED) is 0.887. The van der Waals surface area contributed by atoms with Crippen LogP contribution in [0.4, 0.5) is 10.5 Å². The summed E-state index contributed by atoms with van der Waals surface area (Å²) in [5, 5.41) is 2.70. The number of anilines is 1. The maximum Gasteiger partial charge on any atom is 0.412 e. The first kappa shape index (κ1) is 13.1. The summed E-state index contributed by atoms with van der Waals surface area (Å²) in [6.07, 6.45) is -0.719. The number of amides is 1. The van der Waals surface area contributed by atoms with Gasteiger partial charge < -0.3 is 4.74 Å². The summed E-state index contributed by atoms with van der Waals surface area (Å²) in [6.45, 7) is 3.87. The maximum absolute atomic E-state index is 11.7. The Hall–Kier alpha value is -2.29. The van der Waals surface area contributed by atoms with Crippen molar-refractivity contribution in [2.75, 3.05) is 5.32 Å². The van der Waals surface area contributed by atoms with Crippen molar-refractivity contribution in [3.63, 3.8) is 0 Å². The van der Waals surface area contributed by atoms with E-state index in [0.29, 0.717) is 0 Å². The van der Waals surface area contributed by atoms with Crippen molar-refractivity contribution in [1.82, 2.24) is 0 Å². The number of benzene rings is 2. The first-order valence-electron chi connectivity index (χ1n) is 6.24. The van der Waals surface area contributed by atoms with Crippen LogP contribution in [0.1, 0.15) is 24.2 Å². The van der Waals surface area contributed by atoms with Gasteiger partial charge in [0.1, 0.15) is 6.10 Å². The molecule has 2 aromatic rings. The van der Waals surface area contributed by atoms with Gasteiger partial charge in [0.25, 0.3) is 0 Å². The molecule has 2 rings (SSSR count). The standard InChI is InChI=1S/C16H17NO2/c1-12-7-6-8-14(11-12)13(2)19-16(18)17-15-9-4-3-5-10-15/h3-11,13H,1-2H3,(H,17,18). The number of hydrogen-bond donors (Lipinski definition) is 1. The average molecular weight is 255 g/mol. The fraction of sp³-hybridized carbons (Fsp3) is 0.188. The molecule has 0 aliphatic rings. The summed E-state index contributed by atoms with van der Waals surface area (Å²) >= 11 is 0. The van der Waals surface area contributed by atoms with Crippen molar-refractivity contribution in [1.29, 1.82) is 0 Å². The first-order valence-corrected chi connectivity index (χ1v) is 6.24. The molecule has 98 valence electrons. The number of rotatable bonds is 3. The maximum atomic E-state index is 11.7. The van der Waals surface area contributed by atoms with E-state index >= 15 is 0 Å². The highest BCUT2D eigenvalue weighted by atomic mass is 16.6. The van der Waals surface area contributed by atoms with Gasteiger partial charge in [0.15, 0.2) is 0 Å². The molecule has 1 unspecified atom stereocenters. The highest BCUT2D eigenvalue weighted by Crippen LogP contribution is 2.18. The SMILES string of the molecule is Cc1cccc(C(C)OC(=O)Nc2ccccc2)c1. The average Bonchev–Trinajstić information content (AvgIpc) is 2.39. The van der Waals surface area contributed by atoms with Crippen LogP contribution >= 0.6 is 0 Å². The van der Waals surface area contributed by atoms with E-state index in [1.165, 1.54) is 0 Å². The number of aryl methyl sites for hydroxylation is 1. The zero-order valence-electron chi connectivity index (χ0n) is 11.1. The van der Waals surface area contributed by atoms with Crippen molar-refractivity contribution in [2.24, 2.45) is 0 Å². The Morgan fingerprint density at radius 3 is 2.53 bits per heavy atom. The summed E-state index contributed by atoms with van der Waals surface area (Å²) < 4.78 is 5.35. The smallest absolute Gasteiger partial charge is 0.412 e. The molecule has 19 heavy (non-hydrogen) atoms. The van der Waals surface area contributed by atoms with Gasteiger partial charge >= 0.3 is 6.09 Å². The van der Waals surface area contributed by atoms with Crippen LogP contribution in [0.5, 0.6) is 0 Å². The Kier molecular flexibility index (Phi) is 4.18. The van der Waals surface area contributed by atoms with Crippen molar-refractivity contribution < 1.29 is 9.53 Å². The third-order valence-corrected chi connectivity index (χ3v) is 2.82. The van der Waals surface area contributed by atoms with E-state index in [4.69, 9.17) is 4.74 Å². The van der Waals surface area contributed by atoms with E-state index in [-0.39, 0.29) is 6.10 Å². The Morgan fingerprint density at radius 2 is 1.84 bits per heavy atom. The second kappa shape index (κ2) is 6.05. The van der Waals surface area contributed by atoms with Gasteiger partial charge in [-0.3, -0.25) is 5.32 Å². The lowest BCUT2D eigenvalue weighted by molar-refractivity contribution is 0.121. The lowest BCUT2D eigenvalue weighted by Gasteiger charge is -2.14. The highest BCUT2D eigenvalue weighted by Gasteiger charge is 2.11. The molecule has 3 heteroatoms. The fourth-order valence-corrected chi connectivity index (χ4v) is 1.82. The third-order valence-electron chi connectivity index (χ3n) is 2.82. The zero-order valence-corrected chi connectivity index (χ0v) is 11.1. The second-order valence-electron chi connectivity index (χ2n) is 4.45. The first-order chi connectivity index (χ1) is 9.15. The molecule has 0 aromatic heterocycles. The van der Waals surface area contributed by atoms with E-state index in [2.05, 4.69) is 5.32 Å². The van der Waals surface area contributed by atoms with Crippen molar-refractivity contribution in [3.8, 4) is 0 Å². The molecule has 1 amide bonds. The van der Waals surface area contributed by atoms with Crippen LogP contribution < -0.4 is 5.32 Å². The molecular formula is C16H17NO2. The van der Waals surface area contributed by atoms with Crippen molar-refractivity contribution in [3.05, 3.63) is 65.7 Å². The molecule has 1 atom stereocenters. The Balaban J connectivity index is 1.95. The highest BCUT2D eigenvalue weighted by molar-refractivity contribution is 5.84. The van der Waals surface area contributed by atoms with Crippen LogP contribution in [-0.2, 0) is 4.74 Å². The van der Waals surface area contributed by atoms with E-state index in [9.17, 15) is 4.79 Å². The van der Waals surface area contributed by atoms with Gasteiger partial charge in [0, 0.05) is 5.69 Å². The van der Waals surface area contributed by atoms with Gasteiger partial charge in [-0.15, -0.1) is 0 Å². The molecule has 3 nitrogen and oxygen atoms in total. The molecule has 0 spiro atoms. The zero-order chi connectivity index (χ0) is 13.7. The molecular weight excluding hydrogens is 238 g/mol. The summed E-state index contributed by atoms with van der Waals surface area (Å²) in [4.78, 5) is 11.7. The van der Waals surface area contributed by atoms with Gasteiger partial charge in [-0.05, 0) is 31.5 Å². The molecule has 0 saturated heterocycles. The minimum atomic E-state index is -0.444. The van der Waals surface area contributed by atoms with Crippen LogP contribution in [0, 0.1) is 6.92 Å². The number of ether oxygens (including phenoxy) is 1. The normalized spacial score (nSPS) is 11.7. The summed E-state index contributed by atoms with van der Waals surface area (Å²) in [5.74, 6) is 0. The Labute approximate surface area is 113 Å². The van der Waals surface area contributed by atoms with Gasteiger partial charge in [-0.2, -0.15) is 0 Å². The minimum Gasteiger partial charge on any atom is -0.441 e. The van der Waals surface area contributed by atoms with Crippen molar-refractivity contribution >= 4 is 11.8 Å². The number of para-hydroxylation sites is 1. The topological polar surface area (TPSA) is 38.3 Å². The van der Waals surface area contributed by atoms with Crippen LogP contribution in [0.15, 0.2) is 54.6 Å². The molecule has 0 saturated carbocycles. The molecule has 0 bridgehead atoms. The molecule has 0 aliphatic heterocycles. The number of carbonyl (C=O) groups excluding carboxylic acids is 1. The fourth-order valence-electron chi connectivity index (χ4n) is 1.82. The van der Waals surface area contributed by atoms with Crippen molar-refractivity contribution in [2.45, 2.75) is 20.0 Å². The van der Waals surface area contributed by atoms with Crippen LogP contribution in [0.3, 0.4) is 0 Å². The van der Waals surface area contributed by atoms with Crippen LogP contribution in [0.25, 0.3) is 0 Å². The molecule has 0 aliphatic carbocycles. The van der Waals surface area contributed by atoms with Gasteiger partial charge in [-0.1, -0.05) is 48.0 Å². The number of hydrogen-bond acceptors (Lipinski definition) is 2. The molecule has 0 fully saturated rings. The monoisotopic (exact) mass is 255 g/mol. The van der Waals surface area contributed by atoms with E-state index in [1.54, 1.807) is 0 Å². The molecule has 1 N–H and O–H groups in total. The summed E-state index contributed by atoms with van der Waals surface area (Å²) in [6, 6.07) is 17.2. The van der Waals surface area contributed by atoms with Crippen LogP contribution in [-0.4, -0.2) is 6.09 Å². The minimum absolute atomic E-state index is 0.274. The van der Waals surface area contributed by atoms with E-state index in [1.807, 2.05) is 68.4 Å². The Bertz CT molecular complexity index is 552. The van der Waals surface area contributed by atoms with E-state index in [0.717, 1.165) is 16.8 Å². The third kappa shape index (κ3) is 3.85. The summed E-state index contributed by atoms with van der Waals surface area (Å²) in [5.41, 5.74) is 2.86. The molecule has 0 radical (unpaired) electrons. The predicted octanol–water partition coefficient (Wildman–Crippen LogP) is 4.30. The molecule has 0 heterocycles. The number of carbonyl (C=O) groups is 1. The number of nitrogens with one attached hydrogen (secondary N) is 1. The predicted molar refractivity (Wildman–Crippen MR) is 76.1 cm³/mol. The van der Waals surface area contributed by atoms with Gasteiger partial charge in [0.05, 0.1) is 0 Å². The lowest BCUT2D eigenvalue weighted by Crippen LogP contribution is -2.15. The summed E-state index contributed by atoms with van der Waals surface area (Å²) in [7, 11) is 0. The Morgan fingerprint density at radius 1 is 1.11 bits per heavy atom. The molecule has 2 aromatic carbocycles. The largest absolute Gasteiger partial charge is 0.441 e. The van der Waals surface area contributed by atoms with Gasteiger partial charge in [-0.25, -0.2) is 4.79 Å². The second-order valence-corrected chi connectivity index (χ2v) is 4.45. The van der Waals surface area contributed by atoms with E-state index < -0.39 is 6.09 Å².